The van der Waals surface area contributed by atoms with E-state index in [1.165, 1.54) is 17.3 Å². The monoisotopic (exact) mass is 546 g/mol. The smallest absolute Gasteiger partial charge is 0.277 e. The Balaban J connectivity index is 1.28. The highest BCUT2D eigenvalue weighted by Gasteiger charge is 2.32. The molecule has 9 heteroatoms. The van der Waals surface area contributed by atoms with Crippen LogP contribution in [0.3, 0.4) is 0 Å². The number of nitriles is 1. The number of rotatable bonds is 9. The molecule has 0 spiro atoms. The van der Waals surface area contributed by atoms with E-state index < -0.39 is 5.91 Å². The topological polar surface area (TPSA) is 120 Å². The number of fused-ring (bicyclic) bond motifs is 1. The molecule has 0 aliphatic carbocycles. The summed E-state index contributed by atoms with van der Waals surface area (Å²) in [5.41, 5.74) is 5.55. The molecule has 0 radical (unpaired) electrons. The molecule has 4 aromatic rings. The molecule has 0 bridgehead atoms. The van der Waals surface area contributed by atoms with Crippen molar-refractivity contribution in [3.05, 3.63) is 113 Å². The fourth-order valence-electron chi connectivity index (χ4n) is 4.93. The van der Waals surface area contributed by atoms with Gasteiger partial charge in [-0.1, -0.05) is 49.4 Å². The van der Waals surface area contributed by atoms with Gasteiger partial charge in [-0.05, 0) is 59.9 Å². The van der Waals surface area contributed by atoms with Crippen molar-refractivity contribution in [3.8, 4) is 6.07 Å². The zero-order valence-electron chi connectivity index (χ0n) is 22.8. The first-order chi connectivity index (χ1) is 20.0. The number of aromatic nitrogens is 2. The van der Waals surface area contributed by atoms with Crippen molar-refractivity contribution in [2.45, 2.75) is 32.7 Å². The van der Waals surface area contributed by atoms with Crippen LogP contribution >= 0.6 is 0 Å². The summed E-state index contributed by atoms with van der Waals surface area (Å²) in [5.74, 6) is -0.705. The summed E-state index contributed by atoms with van der Waals surface area (Å²) >= 11 is 0. The van der Waals surface area contributed by atoms with Gasteiger partial charge in [-0.3, -0.25) is 19.1 Å². The molecular weight excluding hydrogens is 516 g/mol. The first-order valence-corrected chi connectivity index (χ1v) is 13.6. The second-order valence-electron chi connectivity index (χ2n) is 9.80. The van der Waals surface area contributed by atoms with E-state index in [0.717, 1.165) is 24.1 Å². The van der Waals surface area contributed by atoms with Crippen LogP contribution in [-0.4, -0.2) is 40.6 Å². The van der Waals surface area contributed by atoms with Crippen molar-refractivity contribution < 1.29 is 14.4 Å². The third-order valence-electron chi connectivity index (χ3n) is 7.12. The lowest BCUT2D eigenvalue weighted by molar-refractivity contribution is -0.120. The van der Waals surface area contributed by atoms with Crippen LogP contribution in [0.5, 0.6) is 0 Å². The van der Waals surface area contributed by atoms with E-state index >= 15 is 0 Å². The van der Waals surface area contributed by atoms with E-state index in [-0.39, 0.29) is 23.1 Å². The SMILES string of the molecule is CCC(=O)NCCc1ccccc1Cc1ccc(N2CCn3ncc(C(=O)Nc4cccc(C#N)c4)c3C2=O)cc1. The molecule has 0 atom stereocenters. The van der Waals surface area contributed by atoms with Gasteiger partial charge in [0.1, 0.15) is 5.69 Å². The summed E-state index contributed by atoms with van der Waals surface area (Å²) in [6, 6.07) is 24.7. The second kappa shape index (κ2) is 12.3. The minimum absolute atomic E-state index is 0.0477. The Morgan fingerprint density at radius 1 is 1.00 bits per heavy atom. The molecule has 0 saturated carbocycles. The number of amides is 3. The molecule has 1 aliphatic rings. The van der Waals surface area contributed by atoms with Crippen LogP contribution < -0.4 is 15.5 Å². The predicted molar refractivity (Wildman–Crippen MR) is 156 cm³/mol. The van der Waals surface area contributed by atoms with Crippen LogP contribution in [-0.2, 0) is 24.2 Å². The fourth-order valence-corrected chi connectivity index (χ4v) is 4.93. The van der Waals surface area contributed by atoms with Gasteiger partial charge in [-0.15, -0.1) is 0 Å². The molecule has 1 aromatic heterocycles. The summed E-state index contributed by atoms with van der Waals surface area (Å²) < 4.78 is 1.56. The maximum atomic E-state index is 13.6. The Hall–Kier alpha value is -5.23. The third kappa shape index (κ3) is 6.17. The third-order valence-corrected chi connectivity index (χ3v) is 7.12. The average Bonchev–Trinajstić information content (AvgIpc) is 3.44. The van der Waals surface area contributed by atoms with Crippen molar-refractivity contribution in [2.75, 3.05) is 23.3 Å². The highest BCUT2D eigenvalue weighted by molar-refractivity contribution is 6.15. The molecule has 3 aromatic carbocycles. The molecule has 0 unspecified atom stereocenters. The molecule has 3 amide bonds. The van der Waals surface area contributed by atoms with Crippen LogP contribution in [0.25, 0.3) is 0 Å². The number of carbonyl (C=O) groups is 3. The minimum Gasteiger partial charge on any atom is -0.356 e. The molecule has 2 heterocycles. The van der Waals surface area contributed by atoms with Gasteiger partial charge >= 0.3 is 0 Å². The quantitative estimate of drug-likeness (QED) is 0.324. The Labute approximate surface area is 238 Å². The average molecular weight is 547 g/mol. The normalized spacial score (nSPS) is 12.4. The standard InChI is InChI=1S/C32H30N6O3/c1-2-29(39)34-15-14-24-7-3-4-8-25(24)18-22-10-12-27(13-11-22)37-16-17-38-30(32(37)41)28(21-35-38)31(40)36-26-9-5-6-23(19-26)20-33/h3-13,19,21H,2,14-18H2,1H3,(H,34,39)(H,36,40). The van der Waals surface area contributed by atoms with Gasteiger partial charge in [0.2, 0.25) is 5.91 Å². The molecule has 1 aliphatic heterocycles. The number of nitrogens with zero attached hydrogens (tertiary/aromatic N) is 4. The van der Waals surface area contributed by atoms with Crippen LogP contribution in [0.4, 0.5) is 11.4 Å². The summed E-state index contributed by atoms with van der Waals surface area (Å²) in [5, 5.41) is 19.1. The highest BCUT2D eigenvalue weighted by atomic mass is 16.2. The lowest BCUT2D eigenvalue weighted by Gasteiger charge is -2.28. The van der Waals surface area contributed by atoms with Gasteiger partial charge < -0.3 is 15.5 Å². The van der Waals surface area contributed by atoms with Crippen LogP contribution in [0, 0.1) is 11.3 Å². The van der Waals surface area contributed by atoms with E-state index in [1.54, 1.807) is 33.8 Å². The number of nitrogens with one attached hydrogen (secondary N) is 2. The molecule has 9 nitrogen and oxygen atoms in total. The van der Waals surface area contributed by atoms with E-state index in [2.05, 4.69) is 27.9 Å². The zero-order chi connectivity index (χ0) is 28.8. The largest absolute Gasteiger partial charge is 0.356 e. The Bertz CT molecular complexity index is 1630. The maximum Gasteiger partial charge on any atom is 0.277 e. The number of hydrogen-bond acceptors (Lipinski definition) is 5. The lowest BCUT2D eigenvalue weighted by Crippen LogP contribution is -2.41. The first-order valence-electron chi connectivity index (χ1n) is 13.6. The van der Waals surface area contributed by atoms with Crippen molar-refractivity contribution >= 4 is 29.1 Å². The number of anilines is 2. The number of hydrogen-bond donors (Lipinski definition) is 2. The van der Waals surface area contributed by atoms with Crippen molar-refractivity contribution in [1.29, 1.82) is 5.26 Å². The van der Waals surface area contributed by atoms with E-state index in [4.69, 9.17) is 5.26 Å². The Kier molecular flexibility index (Phi) is 8.20. The molecule has 2 N–H and O–H groups in total. The lowest BCUT2D eigenvalue weighted by atomic mass is 9.97. The van der Waals surface area contributed by atoms with E-state index in [0.29, 0.717) is 37.3 Å². The summed E-state index contributed by atoms with van der Waals surface area (Å²) in [6.45, 7) is 3.34. The summed E-state index contributed by atoms with van der Waals surface area (Å²) in [7, 11) is 0. The van der Waals surface area contributed by atoms with Gasteiger partial charge in [0.25, 0.3) is 11.8 Å². The summed E-state index contributed by atoms with van der Waals surface area (Å²) in [4.78, 5) is 39.9. The molecule has 0 saturated heterocycles. The van der Waals surface area contributed by atoms with Crippen molar-refractivity contribution in [1.82, 2.24) is 15.1 Å². The van der Waals surface area contributed by atoms with Gasteiger partial charge in [-0.25, -0.2) is 0 Å². The zero-order valence-corrected chi connectivity index (χ0v) is 22.8. The summed E-state index contributed by atoms with van der Waals surface area (Å²) in [6.07, 6.45) is 3.38. The van der Waals surface area contributed by atoms with Gasteiger partial charge in [0.15, 0.2) is 0 Å². The fraction of sp³-hybridized carbons (Fsp3) is 0.219. The van der Waals surface area contributed by atoms with Crippen LogP contribution in [0.2, 0.25) is 0 Å². The number of benzene rings is 3. The molecule has 206 valence electrons. The van der Waals surface area contributed by atoms with Crippen LogP contribution in [0.15, 0.2) is 79.0 Å². The van der Waals surface area contributed by atoms with E-state index in [1.807, 2.05) is 49.4 Å². The first kappa shape index (κ1) is 27.3. The van der Waals surface area contributed by atoms with Crippen molar-refractivity contribution in [3.63, 3.8) is 0 Å². The van der Waals surface area contributed by atoms with Gasteiger partial charge in [-0.2, -0.15) is 10.4 Å². The van der Waals surface area contributed by atoms with Gasteiger partial charge in [0.05, 0.1) is 29.9 Å². The van der Waals surface area contributed by atoms with Crippen molar-refractivity contribution in [2.24, 2.45) is 0 Å². The molecular formula is C32H30N6O3. The predicted octanol–water partition coefficient (Wildman–Crippen LogP) is 4.33. The Morgan fingerprint density at radius 2 is 1.78 bits per heavy atom. The molecule has 41 heavy (non-hydrogen) atoms. The van der Waals surface area contributed by atoms with E-state index in [9.17, 15) is 14.4 Å². The Morgan fingerprint density at radius 3 is 2.54 bits per heavy atom. The molecule has 5 rings (SSSR count). The van der Waals surface area contributed by atoms with Gasteiger partial charge in [0, 0.05) is 30.9 Å². The highest BCUT2D eigenvalue weighted by Crippen LogP contribution is 2.25. The maximum absolute atomic E-state index is 13.6. The number of carbonyl (C=O) groups excluding carboxylic acids is 3. The minimum atomic E-state index is -0.459. The molecule has 0 fully saturated rings. The van der Waals surface area contributed by atoms with Crippen LogP contribution in [0.1, 0.15) is 56.4 Å². The second-order valence-corrected chi connectivity index (χ2v) is 9.80.